The molecule has 1 heterocycles. The molecule has 1 aliphatic heterocycles. The summed E-state index contributed by atoms with van der Waals surface area (Å²) in [7, 11) is 0. The molecule has 0 aromatic heterocycles. The zero-order valence-corrected chi connectivity index (χ0v) is 9.88. The maximum atomic E-state index is 12.4. The van der Waals surface area contributed by atoms with Crippen molar-refractivity contribution in [3.63, 3.8) is 0 Å². The van der Waals surface area contributed by atoms with Crippen LogP contribution in [0.4, 0.5) is 0 Å². The first-order valence-electron chi connectivity index (χ1n) is 6.19. The van der Waals surface area contributed by atoms with E-state index in [1.165, 1.54) is 12.8 Å². The molecule has 1 saturated heterocycles. The van der Waals surface area contributed by atoms with Crippen LogP contribution in [0.2, 0.25) is 0 Å². The summed E-state index contributed by atoms with van der Waals surface area (Å²) in [6.07, 6.45) is 4.60. The lowest BCUT2D eigenvalue weighted by molar-refractivity contribution is -0.142. The lowest BCUT2D eigenvalue weighted by Crippen LogP contribution is -2.50. The summed E-state index contributed by atoms with van der Waals surface area (Å²) >= 11 is 0. The van der Waals surface area contributed by atoms with Gasteiger partial charge in [0.05, 0.1) is 5.41 Å². The molecule has 1 unspecified atom stereocenters. The standard InChI is InChI=1S/C12H22N2O/c1-3-14(10-5-6-10)11(15)12(2)7-4-8-13-9-12/h10,13H,3-9H2,1-2H3. The third-order valence-corrected chi connectivity index (χ3v) is 3.70. The lowest BCUT2D eigenvalue weighted by Gasteiger charge is -2.37. The van der Waals surface area contributed by atoms with Gasteiger partial charge in [-0.05, 0) is 46.1 Å². The molecule has 0 radical (unpaired) electrons. The van der Waals surface area contributed by atoms with Gasteiger partial charge in [0.25, 0.3) is 0 Å². The first-order valence-corrected chi connectivity index (χ1v) is 6.19. The summed E-state index contributed by atoms with van der Waals surface area (Å²) in [4.78, 5) is 14.5. The Morgan fingerprint density at radius 1 is 1.53 bits per heavy atom. The van der Waals surface area contributed by atoms with Crippen LogP contribution in [0.15, 0.2) is 0 Å². The first kappa shape index (κ1) is 10.9. The van der Waals surface area contributed by atoms with Gasteiger partial charge in [0.2, 0.25) is 5.91 Å². The van der Waals surface area contributed by atoms with E-state index >= 15 is 0 Å². The zero-order chi connectivity index (χ0) is 10.9. The molecule has 1 N–H and O–H groups in total. The van der Waals surface area contributed by atoms with Gasteiger partial charge in [-0.15, -0.1) is 0 Å². The highest BCUT2D eigenvalue weighted by Crippen LogP contribution is 2.34. The lowest BCUT2D eigenvalue weighted by atomic mass is 9.81. The number of piperidine rings is 1. The minimum absolute atomic E-state index is 0.142. The molecule has 2 aliphatic rings. The van der Waals surface area contributed by atoms with Crippen molar-refractivity contribution in [1.29, 1.82) is 0 Å². The summed E-state index contributed by atoms with van der Waals surface area (Å²) in [5, 5.41) is 3.35. The van der Waals surface area contributed by atoms with E-state index in [1.807, 2.05) is 0 Å². The van der Waals surface area contributed by atoms with Crippen molar-refractivity contribution < 1.29 is 4.79 Å². The molecular formula is C12H22N2O. The SMILES string of the molecule is CCN(C(=O)C1(C)CCCNC1)C1CC1. The Balaban J connectivity index is 2.03. The van der Waals surface area contributed by atoms with Gasteiger partial charge in [-0.3, -0.25) is 4.79 Å². The molecule has 0 aromatic rings. The predicted octanol–water partition coefficient (Wildman–Crippen LogP) is 1.39. The predicted molar refractivity (Wildman–Crippen MR) is 60.6 cm³/mol. The monoisotopic (exact) mass is 210 g/mol. The largest absolute Gasteiger partial charge is 0.339 e. The van der Waals surface area contributed by atoms with Crippen LogP contribution in [0.3, 0.4) is 0 Å². The molecule has 15 heavy (non-hydrogen) atoms. The van der Waals surface area contributed by atoms with E-state index in [0.29, 0.717) is 11.9 Å². The highest BCUT2D eigenvalue weighted by Gasteiger charge is 2.41. The van der Waals surface area contributed by atoms with E-state index in [4.69, 9.17) is 0 Å². The molecule has 0 bridgehead atoms. The maximum Gasteiger partial charge on any atom is 0.230 e. The highest BCUT2D eigenvalue weighted by molar-refractivity contribution is 5.83. The number of hydrogen-bond donors (Lipinski definition) is 1. The number of hydrogen-bond acceptors (Lipinski definition) is 2. The molecule has 3 heteroatoms. The van der Waals surface area contributed by atoms with Crippen LogP contribution in [-0.2, 0) is 4.79 Å². The third kappa shape index (κ3) is 2.17. The molecule has 2 rings (SSSR count). The quantitative estimate of drug-likeness (QED) is 0.763. The van der Waals surface area contributed by atoms with Crippen LogP contribution in [0, 0.1) is 5.41 Å². The second-order valence-corrected chi connectivity index (χ2v) is 5.16. The molecule has 1 atom stereocenters. The average Bonchev–Trinajstić information content (AvgIpc) is 3.04. The van der Waals surface area contributed by atoms with Crippen LogP contribution in [0.5, 0.6) is 0 Å². The molecule has 0 aromatic carbocycles. The van der Waals surface area contributed by atoms with Gasteiger partial charge < -0.3 is 10.2 Å². The normalized spacial score (nSPS) is 31.3. The van der Waals surface area contributed by atoms with Crippen LogP contribution in [-0.4, -0.2) is 36.5 Å². The van der Waals surface area contributed by atoms with E-state index in [9.17, 15) is 4.79 Å². The number of carbonyl (C=O) groups is 1. The van der Waals surface area contributed by atoms with Gasteiger partial charge >= 0.3 is 0 Å². The van der Waals surface area contributed by atoms with Crippen LogP contribution in [0.25, 0.3) is 0 Å². The Bertz CT molecular complexity index is 242. The Morgan fingerprint density at radius 3 is 2.73 bits per heavy atom. The second kappa shape index (κ2) is 4.12. The number of carbonyl (C=O) groups excluding carboxylic acids is 1. The maximum absolute atomic E-state index is 12.4. The molecule has 86 valence electrons. The Labute approximate surface area is 92.2 Å². The van der Waals surface area contributed by atoms with Crippen molar-refractivity contribution in [3.05, 3.63) is 0 Å². The summed E-state index contributed by atoms with van der Waals surface area (Å²) in [6, 6.07) is 0.557. The minimum Gasteiger partial charge on any atom is -0.339 e. The summed E-state index contributed by atoms with van der Waals surface area (Å²) in [5.41, 5.74) is -0.142. The summed E-state index contributed by atoms with van der Waals surface area (Å²) in [6.45, 7) is 7.01. The summed E-state index contributed by atoms with van der Waals surface area (Å²) < 4.78 is 0. The summed E-state index contributed by atoms with van der Waals surface area (Å²) in [5.74, 6) is 0.375. The Morgan fingerprint density at radius 2 is 2.27 bits per heavy atom. The fraction of sp³-hybridized carbons (Fsp3) is 0.917. The molecule has 1 amide bonds. The molecule has 2 fully saturated rings. The van der Waals surface area contributed by atoms with Crippen LogP contribution in [0.1, 0.15) is 39.5 Å². The highest BCUT2D eigenvalue weighted by atomic mass is 16.2. The molecule has 1 saturated carbocycles. The molecule has 0 spiro atoms. The topological polar surface area (TPSA) is 32.3 Å². The van der Waals surface area contributed by atoms with E-state index in [1.54, 1.807) is 0 Å². The van der Waals surface area contributed by atoms with Crippen LogP contribution >= 0.6 is 0 Å². The minimum atomic E-state index is -0.142. The first-order chi connectivity index (χ1) is 7.17. The molecule has 3 nitrogen and oxygen atoms in total. The average molecular weight is 210 g/mol. The van der Waals surface area contributed by atoms with Crippen molar-refractivity contribution in [2.75, 3.05) is 19.6 Å². The Kier molecular flexibility index (Phi) is 3.01. The van der Waals surface area contributed by atoms with Gasteiger partial charge in [-0.25, -0.2) is 0 Å². The fourth-order valence-corrected chi connectivity index (χ4v) is 2.54. The number of amides is 1. The van der Waals surface area contributed by atoms with Gasteiger partial charge in [0.1, 0.15) is 0 Å². The van der Waals surface area contributed by atoms with Gasteiger partial charge in [0.15, 0.2) is 0 Å². The van der Waals surface area contributed by atoms with Gasteiger partial charge in [-0.2, -0.15) is 0 Å². The van der Waals surface area contributed by atoms with Crippen LogP contribution < -0.4 is 5.32 Å². The molecule has 1 aliphatic carbocycles. The van der Waals surface area contributed by atoms with Crippen molar-refractivity contribution in [1.82, 2.24) is 10.2 Å². The third-order valence-electron chi connectivity index (χ3n) is 3.70. The van der Waals surface area contributed by atoms with Crippen molar-refractivity contribution in [3.8, 4) is 0 Å². The van der Waals surface area contributed by atoms with Gasteiger partial charge in [0, 0.05) is 19.1 Å². The van der Waals surface area contributed by atoms with Crippen molar-refractivity contribution in [2.45, 2.75) is 45.6 Å². The fourth-order valence-electron chi connectivity index (χ4n) is 2.54. The van der Waals surface area contributed by atoms with Crippen molar-refractivity contribution >= 4 is 5.91 Å². The second-order valence-electron chi connectivity index (χ2n) is 5.16. The number of nitrogens with one attached hydrogen (secondary N) is 1. The van der Waals surface area contributed by atoms with E-state index in [-0.39, 0.29) is 5.41 Å². The number of nitrogens with zero attached hydrogens (tertiary/aromatic N) is 1. The zero-order valence-electron chi connectivity index (χ0n) is 9.88. The van der Waals surface area contributed by atoms with Gasteiger partial charge in [-0.1, -0.05) is 0 Å². The van der Waals surface area contributed by atoms with E-state index in [0.717, 1.165) is 32.5 Å². The van der Waals surface area contributed by atoms with E-state index in [2.05, 4.69) is 24.1 Å². The van der Waals surface area contributed by atoms with E-state index < -0.39 is 0 Å². The Hall–Kier alpha value is -0.570. The van der Waals surface area contributed by atoms with Crippen molar-refractivity contribution in [2.24, 2.45) is 5.41 Å². The smallest absolute Gasteiger partial charge is 0.230 e. The number of rotatable bonds is 3. The molecular weight excluding hydrogens is 188 g/mol.